The van der Waals surface area contributed by atoms with Crippen molar-refractivity contribution >= 4 is 22.6 Å². The van der Waals surface area contributed by atoms with Crippen LogP contribution >= 0.6 is 0 Å². The van der Waals surface area contributed by atoms with Gasteiger partial charge in [0.25, 0.3) is 0 Å². The predicted octanol–water partition coefficient (Wildman–Crippen LogP) is 5.32. The zero-order chi connectivity index (χ0) is 24.4. The van der Waals surface area contributed by atoms with E-state index in [4.69, 9.17) is 9.97 Å². The third-order valence-electron chi connectivity index (χ3n) is 6.17. The number of carbonyl (C=O) groups is 1. The van der Waals surface area contributed by atoms with Crippen molar-refractivity contribution in [2.45, 2.75) is 6.18 Å². The van der Waals surface area contributed by atoms with E-state index in [1.807, 2.05) is 59.5 Å². The van der Waals surface area contributed by atoms with Crippen molar-refractivity contribution in [1.82, 2.24) is 14.9 Å². The number of hydrogen-bond donors (Lipinski definition) is 0. The van der Waals surface area contributed by atoms with Gasteiger partial charge < -0.3 is 4.90 Å². The van der Waals surface area contributed by atoms with Crippen LogP contribution in [0.4, 0.5) is 19.0 Å². The minimum absolute atomic E-state index is 0.161. The number of Topliss-reactive ketones (excluding diaryl/α,β-unsaturated/α-hetero) is 1. The van der Waals surface area contributed by atoms with Gasteiger partial charge in [-0.2, -0.15) is 13.2 Å². The number of benzene rings is 3. The summed E-state index contributed by atoms with van der Waals surface area (Å²) in [7, 11) is 0. The lowest BCUT2D eigenvalue weighted by molar-refractivity contribution is -0.137. The van der Waals surface area contributed by atoms with Gasteiger partial charge in [-0.15, -0.1) is 0 Å². The number of alkyl halides is 3. The Morgan fingerprint density at radius 2 is 1.37 bits per heavy atom. The van der Waals surface area contributed by atoms with E-state index in [1.54, 1.807) is 0 Å². The summed E-state index contributed by atoms with van der Waals surface area (Å²) >= 11 is 0. The second-order valence-electron chi connectivity index (χ2n) is 8.51. The van der Waals surface area contributed by atoms with E-state index in [-0.39, 0.29) is 17.9 Å². The van der Waals surface area contributed by atoms with Gasteiger partial charge in [0.1, 0.15) is 5.69 Å². The fourth-order valence-corrected chi connectivity index (χ4v) is 4.26. The standard InChI is InChI=1S/C27H23F3N4O/c28-27(29,30)21-12-10-19(11-13-21)24(35)18-33-14-16-34(17-15-33)26-25(20-6-2-1-3-7-20)31-22-8-4-5-9-23(22)32-26/h1-13H,14-18H2. The molecule has 8 heteroatoms. The highest BCUT2D eigenvalue weighted by Crippen LogP contribution is 2.31. The minimum atomic E-state index is -4.41. The summed E-state index contributed by atoms with van der Waals surface area (Å²) in [5.74, 6) is 0.617. The minimum Gasteiger partial charge on any atom is -0.352 e. The summed E-state index contributed by atoms with van der Waals surface area (Å²) in [6, 6.07) is 22.1. The topological polar surface area (TPSA) is 49.3 Å². The summed E-state index contributed by atoms with van der Waals surface area (Å²) in [5, 5.41) is 0. The molecule has 35 heavy (non-hydrogen) atoms. The molecule has 0 N–H and O–H groups in total. The second kappa shape index (κ2) is 9.46. The normalized spacial score (nSPS) is 14.9. The smallest absolute Gasteiger partial charge is 0.352 e. The average molecular weight is 477 g/mol. The zero-order valence-corrected chi connectivity index (χ0v) is 18.9. The Bertz CT molecular complexity index is 1330. The average Bonchev–Trinajstić information content (AvgIpc) is 2.88. The Morgan fingerprint density at radius 3 is 2.00 bits per heavy atom. The number of hydrogen-bond acceptors (Lipinski definition) is 5. The van der Waals surface area contributed by atoms with Gasteiger partial charge in [-0.1, -0.05) is 54.6 Å². The fraction of sp³-hybridized carbons (Fsp3) is 0.222. The van der Waals surface area contributed by atoms with Crippen molar-refractivity contribution in [3.63, 3.8) is 0 Å². The third kappa shape index (κ3) is 5.02. The van der Waals surface area contributed by atoms with Crippen LogP contribution in [0.2, 0.25) is 0 Å². The van der Waals surface area contributed by atoms with E-state index in [0.717, 1.165) is 40.2 Å². The number of para-hydroxylation sites is 2. The van der Waals surface area contributed by atoms with Gasteiger partial charge in [-0.3, -0.25) is 9.69 Å². The Hall–Kier alpha value is -3.78. The monoisotopic (exact) mass is 476 g/mol. The van der Waals surface area contributed by atoms with E-state index in [2.05, 4.69) is 4.90 Å². The van der Waals surface area contributed by atoms with Crippen LogP contribution in [0.3, 0.4) is 0 Å². The molecular formula is C27H23F3N4O. The van der Waals surface area contributed by atoms with Crippen molar-refractivity contribution < 1.29 is 18.0 Å². The van der Waals surface area contributed by atoms with Crippen LogP contribution in [0.1, 0.15) is 15.9 Å². The number of aromatic nitrogens is 2. The van der Waals surface area contributed by atoms with Gasteiger partial charge in [0.05, 0.1) is 23.1 Å². The zero-order valence-electron chi connectivity index (χ0n) is 18.9. The maximum Gasteiger partial charge on any atom is 0.416 e. The molecule has 0 radical (unpaired) electrons. The molecule has 0 aliphatic carbocycles. The highest BCUT2D eigenvalue weighted by atomic mass is 19.4. The molecular weight excluding hydrogens is 453 g/mol. The molecule has 0 saturated carbocycles. The maximum absolute atomic E-state index is 12.8. The predicted molar refractivity (Wildman–Crippen MR) is 129 cm³/mol. The van der Waals surface area contributed by atoms with Gasteiger partial charge >= 0.3 is 6.18 Å². The number of nitrogens with zero attached hydrogens (tertiary/aromatic N) is 4. The first-order chi connectivity index (χ1) is 16.9. The van der Waals surface area contributed by atoms with Gasteiger partial charge in [0.15, 0.2) is 11.6 Å². The van der Waals surface area contributed by atoms with Crippen LogP contribution < -0.4 is 4.90 Å². The van der Waals surface area contributed by atoms with Crippen molar-refractivity contribution in [2.75, 3.05) is 37.6 Å². The van der Waals surface area contributed by atoms with E-state index >= 15 is 0 Å². The summed E-state index contributed by atoms with van der Waals surface area (Å²) in [6.45, 7) is 2.75. The number of carbonyl (C=O) groups excluding carboxylic acids is 1. The first kappa shape index (κ1) is 23.0. The Morgan fingerprint density at radius 1 is 0.771 bits per heavy atom. The van der Waals surface area contributed by atoms with E-state index in [9.17, 15) is 18.0 Å². The van der Waals surface area contributed by atoms with Crippen LogP contribution in [0.5, 0.6) is 0 Å². The van der Waals surface area contributed by atoms with Crippen LogP contribution in [-0.2, 0) is 6.18 Å². The molecule has 0 amide bonds. The van der Waals surface area contributed by atoms with Gasteiger partial charge in [-0.05, 0) is 24.3 Å². The van der Waals surface area contributed by atoms with E-state index in [1.165, 1.54) is 12.1 Å². The second-order valence-corrected chi connectivity index (χ2v) is 8.51. The lowest BCUT2D eigenvalue weighted by atomic mass is 10.1. The molecule has 0 spiro atoms. The van der Waals surface area contributed by atoms with Crippen molar-refractivity contribution in [3.8, 4) is 11.3 Å². The number of rotatable bonds is 5. The van der Waals surface area contributed by atoms with Crippen LogP contribution in [-0.4, -0.2) is 53.4 Å². The first-order valence-corrected chi connectivity index (χ1v) is 11.4. The molecule has 1 aromatic heterocycles. The lowest BCUT2D eigenvalue weighted by Gasteiger charge is -2.35. The van der Waals surface area contributed by atoms with E-state index in [0.29, 0.717) is 26.2 Å². The third-order valence-corrected chi connectivity index (χ3v) is 6.17. The lowest BCUT2D eigenvalue weighted by Crippen LogP contribution is -2.48. The maximum atomic E-state index is 12.8. The molecule has 1 aliphatic heterocycles. The Balaban J connectivity index is 1.30. The summed E-state index contributed by atoms with van der Waals surface area (Å²) in [6.07, 6.45) is -4.41. The van der Waals surface area contributed by atoms with Gasteiger partial charge in [-0.25, -0.2) is 9.97 Å². The summed E-state index contributed by atoms with van der Waals surface area (Å²) in [4.78, 5) is 26.7. The van der Waals surface area contributed by atoms with Crippen molar-refractivity contribution in [1.29, 1.82) is 0 Å². The number of halogens is 3. The van der Waals surface area contributed by atoms with Crippen LogP contribution in [0.25, 0.3) is 22.3 Å². The Kier molecular flexibility index (Phi) is 6.21. The molecule has 5 nitrogen and oxygen atoms in total. The van der Waals surface area contributed by atoms with E-state index < -0.39 is 11.7 Å². The Labute approximate surface area is 200 Å². The summed E-state index contributed by atoms with van der Waals surface area (Å²) in [5.41, 5.74) is 2.98. The number of fused-ring (bicyclic) bond motifs is 1. The first-order valence-electron chi connectivity index (χ1n) is 11.4. The molecule has 1 saturated heterocycles. The van der Waals surface area contributed by atoms with Crippen LogP contribution in [0, 0.1) is 0 Å². The highest BCUT2D eigenvalue weighted by molar-refractivity contribution is 5.97. The van der Waals surface area contributed by atoms with Gasteiger partial charge in [0.2, 0.25) is 0 Å². The highest BCUT2D eigenvalue weighted by Gasteiger charge is 2.30. The number of piperazine rings is 1. The summed E-state index contributed by atoms with van der Waals surface area (Å²) < 4.78 is 38.4. The number of ketones is 1. The van der Waals surface area contributed by atoms with Crippen LogP contribution in [0.15, 0.2) is 78.9 Å². The van der Waals surface area contributed by atoms with Gasteiger partial charge in [0, 0.05) is 37.3 Å². The fourth-order valence-electron chi connectivity index (χ4n) is 4.26. The molecule has 178 valence electrons. The molecule has 0 atom stereocenters. The quantitative estimate of drug-likeness (QED) is 0.365. The number of anilines is 1. The molecule has 0 unspecified atom stereocenters. The SMILES string of the molecule is O=C(CN1CCN(c2nc3ccccc3nc2-c2ccccc2)CC1)c1ccc(C(F)(F)F)cc1. The molecule has 4 aromatic rings. The van der Waals surface area contributed by atoms with Crippen molar-refractivity contribution in [2.24, 2.45) is 0 Å². The molecule has 3 aromatic carbocycles. The largest absolute Gasteiger partial charge is 0.416 e. The molecule has 5 rings (SSSR count). The molecule has 1 fully saturated rings. The molecule has 0 bridgehead atoms. The van der Waals surface area contributed by atoms with Crippen molar-refractivity contribution in [3.05, 3.63) is 90.0 Å². The molecule has 1 aliphatic rings. The molecule has 2 heterocycles.